The fourth-order valence-electron chi connectivity index (χ4n) is 7.47. The van der Waals surface area contributed by atoms with Crippen molar-refractivity contribution in [3.05, 3.63) is 125 Å². The number of fused-ring (bicyclic) bond motifs is 6. The van der Waals surface area contributed by atoms with Crippen LogP contribution >= 0.6 is 45.9 Å². The minimum atomic E-state index is -1.03. The number of carboxylic acid groups (broad SMARTS) is 1. The predicted molar refractivity (Wildman–Crippen MR) is 235 cm³/mol. The highest BCUT2D eigenvalue weighted by atomic mass is 35.5. The fourth-order valence-corrected chi connectivity index (χ4v) is 10.2. The summed E-state index contributed by atoms with van der Waals surface area (Å²) in [6.07, 6.45) is -0.246. The van der Waals surface area contributed by atoms with Gasteiger partial charge < -0.3 is 20.5 Å². The molecule has 2 unspecified atom stereocenters. The van der Waals surface area contributed by atoms with E-state index in [1.54, 1.807) is 35.0 Å². The maximum absolute atomic E-state index is 13.7. The summed E-state index contributed by atoms with van der Waals surface area (Å²) in [5, 5.41) is 35.8. The summed E-state index contributed by atoms with van der Waals surface area (Å²) in [7, 11) is 0. The summed E-state index contributed by atoms with van der Waals surface area (Å²) >= 11 is 15.3. The highest BCUT2D eigenvalue weighted by Crippen LogP contribution is 2.41. The number of amides is 2. The molecule has 2 aliphatic heterocycles. The summed E-state index contributed by atoms with van der Waals surface area (Å²) in [5.74, 6) is 0.672. The predicted octanol–water partition coefficient (Wildman–Crippen LogP) is 7.03. The van der Waals surface area contributed by atoms with Gasteiger partial charge in [-0.15, -0.1) is 43.1 Å². The Bertz CT molecular complexity index is 2750. The summed E-state index contributed by atoms with van der Waals surface area (Å²) in [4.78, 5) is 50.7. The van der Waals surface area contributed by atoms with Gasteiger partial charge in [0.1, 0.15) is 33.7 Å². The van der Waals surface area contributed by atoms with E-state index >= 15 is 0 Å². The Labute approximate surface area is 368 Å². The first kappa shape index (κ1) is 42.1. The molecule has 19 heteroatoms. The van der Waals surface area contributed by atoms with Crippen molar-refractivity contribution in [2.45, 2.75) is 59.5 Å². The molecule has 2 aromatic carbocycles. The number of ether oxygens (including phenoxy) is 1. The van der Waals surface area contributed by atoms with Crippen molar-refractivity contribution in [1.29, 1.82) is 0 Å². The van der Waals surface area contributed by atoms with Crippen LogP contribution in [0.4, 0.5) is 0 Å². The normalized spacial score (nSPS) is 15.4. The van der Waals surface area contributed by atoms with Gasteiger partial charge >= 0.3 is 5.97 Å². The van der Waals surface area contributed by atoms with Gasteiger partial charge in [0.05, 0.1) is 42.4 Å². The lowest BCUT2D eigenvalue weighted by Gasteiger charge is -2.13. The third kappa shape index (κ3) is 8.27. The van der Waals surface area contributed by atoms with E-state index in [-0.39, 0.29) is 51.0 Å². The van der Waals surface area contributed by atoms with Gasteiger partial charge in [-0.05, 0) is 70.0 Å². The quantitative estimate of drug-likeness (QED) is 0.102. The third-order valence-corrected chi connectivity index (χ3v) is 13.5. The third-order valence-electron chi connectivity index (χ3n) is 10.5. The van der Waals surface area contributed by atoms with Crippen LogP contribution in [-0.4, -0.2) is 90.1 Å². The van der Waals surface area contributed by atoms with Gasteiger partial charge in [0.25, 0.3) is 5.91 Å². The topological polar surface area (TPSA) is 191 Å². The number of nitrogens with one attached hydrogen (secondary N) is 2. The Kier molecular flexibility index (Phi) is 12.0. The summed E-state index contributed by atoms with van der Waals surface area (Å²) in [5.41, 5.74) is 6.38. The zero-order valence-corrected chi connectivity index (χ0v) is 36.9. The molecule has 6 aromatic rings. The zero-order chi connectivity index (χ0) is 43.1. The van der Waals surface area contributed by atoms with Crippen molar-refractivity contribution in [3.63, 3.8) is 0 Å². The molecule has 4 aromatic heterocycles. The van der Waals surface area contributed by atoms with E-state index in [1.807, 2.05) is 54.8 Å². The second-order valence-corrected chi connectivity index (χ2v) is 17.7. The number of nitrogens with zero attached hydrogens (tertiary/aromatic N) is 8. The molecule has 0 saturated heterocycles. The molecular weight excluding hydrogens is 860 g/mol. The summed E-state index contributed by atoms with van der Waals surface area (Å²) in [6, 6.07) is 13.2. The number of hydrogen-bond donors (Lipinski definition) is 3. The molecule has 6 heterocycles. The minimum Gasteiger partial charge on any atom is -0.481 e. The van der Waals surface area contributed by atoms with E-state index in [1.165, 1.54) is 11.3 Å². The van der Waals surface area contributed by atoms with E-state index in [0.717, 1.165) is 37.8 Å². The van der Waals surface area contributed by atoms with Crippen molar-refractivity contribution in [2.24, 2.45) is 9.98 Å². The number of hydrogen-bond acceptors (Lipinski definition) is 12. The van der Waals surface area contributed by atoms with Gasteiger partial charge in [-0.3, -0.25) is 33.5 Å². The van der Waals surface area contributed by atoms with Gasteiger partial charge in [0.15, 0.2) is 11.6 Å². The summed E-state index contributed by atoms with van der Waals surface area (Å²) < 4.78 is 9.59. The molecule has 15 nitrogen and oxygen atoms in total. The number of aryl methyl sites for hydroxylation is 3. The molecular formula is C42H40Cl2N10O5S2. The fraction of sp³-hybridized carbons (Fsp3) is 0.310. The van der Waals surface area contributed by atoms with Crippen LogP contribution in [-0.2, 0) is 14.3 Å². The van der Waals surface area contributed by atoms with Gasteiger partial charge in [0.2, 0.25) is 5.91 Å². The first-order valence-corrected chi connectivity index (χ1v) is 21.8. The molecule has 8 rings (SSSR count). The van der Waals surface area contributed by atoms with E-state index in [9.17, 15) is 19.5 Å². The number of aromatic nitrogens is 6. The molecule has 0 spiro atoms. The molecule has 0 aliphatic carbocycles. The SMILES string of the molecule is Cc1sc2c(c1C)C(c1ccc(Cl)cc1)=NC(CC(=O)NCCOCCNC(=O)c1sc3c(c1C)C(c1ccc(Cl)cc1)=NC(CC(=O)O)c1nnc(C)n1-3)c1nnc(C)n1-2. The zero-order valence-electron chi connectivity index (χ0n) is 33.7. The average Bonchev–Trinajstić information content (AvgIpc) is 3.93. The van der Waals surface area contributed by atoms with E-state index < -0.39 is 18.1 Å². The lowest BCUT2D eigenvalue weighted by atomic mass is 9.99. The average molecular weight is 900 g/mol. The van der Waals surface area contributed by atoms with Crippen molar-refractivity contribution in [3.8, 4) is 10.0 Å². The van der Waals surface area contributed by atoms with Crippen LogP contribution in [0.5, 0.6) is 0 Å². The van der Waals surface area contributed by atoms with Crippen LogP contribution in [0.1, 0.15) is 96.2 Å². The van der Waals surface area contributed by atoms with Gasteiger partial charge in [-0.25, -0.2) is 0 Å². The van der Waals surface area contributed by atoms with Crippen LogP contribution in [0.3, 0.4) is 0 Å². The number of rotatable bonds is 13. The smallest absolute Gasteiger partial charge is 0.306 e. The maximum atomic E-state index is 13.7. The van der Waals surface area contributed by atoms with Crippen molar-refractivity contribution < 1.29 is 24.2 Å². The van der Waals surface area contributed by atoms with Crippen LogP contribution in [0.15, 0.2) is 58.5 Å². The Morgan fingerprint density at radius 2 is 1.18 bits per heavy atom. The van der Waals surface area contributed by atoms with Crippen molar-refractivity contribution >= 4 is 75.1 Å². The van der Waals surface area contributed by atoms with Gasteiger partial charge in [-0.1, -0.05) is 47.5 Å². The van der Waals surface area contributed by atoms with Crippen LogP contribution < -0.4 is 10.6 Å². The number of benzene rings is 2. The number of halogens is 2. The Morgan fingerprint density at radius 1 is 0.689 bits per heavy atom. The lowest BCUT2D eigenvalue weighted by molar-refractivity contribution is -0.137. The first-order chi connectivity index (χ1) is 29.3. The lowest BCUT2D eigenvalue weighted by Crippen LogP contribution is -2.31. The molecule has 0 saturated carbocycles. The van der Waals surface area contributed by atoms with E-state index in [2.05, 4.69) is 44.9 Å². The van der Waals surface area contributed by atoms with Crippen LogP contribution in [0.2, 0.25) is 10.0 Å². The minimum absolute atomic E-state index is 0.0448. The highest BCUT2D eigenvalue weighted by molar-refractivity contribution is 7.17. The Morgan fingerprint density at radius 3 is 1.72 bits per heavy atom. The standard InChI is InChI=1S/C42H40Cl2N10O5S2/c1-20-22(3)60-41-33(20)35(25-6-10-27(43)11-7-25)47-29(38-51-49-23(4)53(38)41)18-31(55)45-14-16-59-17-15-46-40(58)37-21(2)34-36(26-8-12-28(44)13-9-26)48-30(19-32(56)57)39-52-50-24(5)54(39)42(34)61-37/h6-13,29-30H,14-19H2,1-5H3,(H,45,55)(H,46,58)(H,56,57). The molecule has 314 valence electrons. The molecule has 2 amide bonds. The molecule has 3 N–H and O–H groups in total. The number of thiophene rings is 2. The molecule has 0 bridgehead atoms. The number of aliphatic carboxylic acids is 1. The van der Waals surface area contributed by atoms with E-state index in [0.29, 0.717) is 60.1 Å². The monoisotopic (exact) mass is 898 g/mol. The Hall–Kier alpha value is -5.59. The largest absolute Gasteiger partial charge is 0.481 e. The molecule has 0 fully saturated rings. The second-order valence-electron chi connectivity index (χ2n) is 14.6. The van der Waals surface area contributed by atoms with Crippen molar-refractivity contribution in [2.75, 3.05) is 26.3 Å². The number of aliphatic imine (C=N–C) groups is 2. The van der Waals surface area contributed by atoms with Crippen LogP contribution in [0.25, 0.3) is 10.0 Å². The van der Waals surface area contributed by atoms with Crippen LogP contribution in [0, 0.1) is 34.6 Å². The first-order valence-electron chi connectivity index (χ1n) is 19.4. The number of carbonyl (C=O) groups is 3. The second kappa shape index (κ2) is 17.4. The molecule has 0 radical (unpaired) electrons. The molecule has 2 atom stereocenters. The van der Waals surface area contributed by atoms with E-state index in [4.69, 9.17) is 37.9 Å². The van der Waals surface area contributed by atoms with Crippen molar-refractivity contribution in [1.82, 2.24) is 40.2 Å². The maximum Gasteiger partial charge on any atom is 0.306 e. The summed E-state index contributed by atoms with van der Waals surface area (Å²) in [6.45, 7) is 10.6. The Balaban J connectivity index is 0.909. The highest BCUT2D eigenvalue weighted by Gasteiger charge is 2.35. The van der Waals surface area contributed by atoms with Gasteiger partial charge in [-0.2, -0.15) is 0 Å². The number of carboxylic acids is 1. The van der Waals surface area contributed by atoms with Gasteiger partial charge in [0, 0.05) is 50.3 Å². The molecule has 61 heavy (non-hydrogen) atoms. The molecule has 2 aliphatic rings. The number of carbonyl (C=O) groups excluding carboxylic acids is 2.